The van der Waals surface area contributed by atoms with E-state index in [9.17, 15) is 4.79 Å². The molecule has 1 atom stereocenters. The van der Waals surface area contributed by atoms with Crippen LogP contribution in [-0.4, -0.2) is 12.4 Å². The predicted molar refractivity (Wildman–Crippen MR) is 69.1 cm³/mol. The molecule has 0 spiro atoms. The monoisotopic (exact) mass is 233 g/mol. The SMILES string of the molecule is CCCC(=O)C(C)CCCOc1[c]cccc1. The van der Waals surface area contributed by atoms with Crippen molar-refractivity contribution in [1.82, 2.24) is 0 Å². The van der Waals surface area contributed by atoms with E-state index in [0.29, 0.717) is 18.8 Å². The zero-order valence-electron chi connectivity index (χ0n) is 10.7. The summed E-state index contributed by atoms with van der Waals surface area (Å²) in [6, 6.07) is 10.6. The number of Topliss-reactive ketones (excluding diaryl/α,β-unsaturated/α-hetero) is 1. The molecule has 0 N–H and O–H groups in total. The molecule has 0 saturated carbocycles. The topological polar surface area (TPSA) is 26.3 Å². The Hall–Kier alpha value is -1.31. The molecule has 0 heterocycles. The summed E-state index contributed by atoms with van der Waals surface area (Å²) in [5.41, 5.74) is 0. The molecule has 93 valence electrons. The molecule has 2 heteroatoms. The lowest BCUT2D eigenvalue weighted by Gasteiger charge is -2.10. The van der Waals surface area contributed by atoms with Crippen molar-refractivity contribution in [3.8, 4) is 5.75 Å². The van der Waals surface area contributed by atoms with E-state index >= 15 is 0 Å². The molecule has 0 aromatic heterocycles. The van der Waals surface area contributed by atoms with E-state index in [4.69, 9.17) is 4.74 Å². The van der Waals surface area contributed by atoms with Crippen LogP contribution >= 0.6 is 0 Å². The number of carbonyl (C=O) groups is 1. The van der Waals surface area contributed by atoms with Crippen LogP contribution in [0.2, 0.25) is 0 Å². The van der Waals surface area contributed by atoms with Crippen LogP contribution < -0.4 is 4.74 Å². The van der Waals surface area contributed by atoms with Crippen LogP contribution in [0.1, 0.15) is 39.5 Å². The fourth-order valence-electron chi connectivity index (χ4n) is 1.69. The molecule has 1 aromatic rings. The van der Waals surface area contributed by atoms with Crippen LogP contribution in [0.5, 0.6) is 5.75 Å². The molecular formula is C15H21O2. The highest BCUT2D eigenvalue weighted by molar-refractivity contribution is 5.80. The van der Waals surface area contributed by atoms with E-state index < -0.39 is 0 Å². The summed E-state index contributed by atoms with van der Waals surface area (Å²) in [4.78, 5) is 11.6. The van der Waals surface area contributed by atoms with Crippen molar-refractivity contribution >= 4 is 5.78 Å². The molecule has 1 aromatic carbocycles. The highest BCUT2D eigenvalue weighted by atomic mass is 16.5. The molecule has 0 fully saturated rings. The number of ketones is 1. The summed E-state index contributed by atoms with van der Waals surface area (Å²) >= 11 is 0. The summed E-state index contributed by atoms with van der Waals surface area (Å²) in [6.07, 6.45) is 3.47. The van der Waals surface area contributed by atoms with Gasteiger partial charge in [0.15, 0.2) is 0 Å². The first kappa shape index (κ1) is 13.8. The third-order valence-corrected chi connectivity index (χ3v) is 2.77. The third kappa shape index (κ3) is 5.53. The minimum absolute atomic E-state index is 0.165. The number of rotatable bonds is 8. The molecule has 0 saturated heterocycles. The molecule has 17 heavy (non-hydrogen) atoms. The smallest absolute Gasteiger partial charge is 0.135 e. The number of para-hydroxylation sites is 1. The van der Waals surface area contributed by atoms with Gasteiger partial charge in [0, 0.05) is 18.4 Å². The maximum Gasteiger partial charge on any atom is 0.135 e. The Kier molecular flexibility index (Phi) is 6.38. The summed E-state index contributed by atoms with van der Waals surface area (Å²) in [7, 11) is 0. The van der Waals surface area contributed by atoms with Crippen molar-refractivity contribution in [1.29, 1.82) is 0 Å². The maximum atomic E-state index is 11.6. The highest BCUT2D eigenvalue weighted by Crippen LogP contribution is 2.12. The summed E-state index contributed by atoms with van der Waals surface area (Å²) in [5.74, 6) is 1.32. The van der Waals surface area contributed by atoms with E-state index in [0.717, 1.165) is 25.0 Å². The average molecular weight is 233 g/mol. The molecule has 0 amide bonds. The minimum atomic E-state index is 0.165. The van der Waals surface area contributed by atoms with Gasteiger partial charge in [-0.2, -0.15) is 0 Å². The van der Waals surface area contributed by atoms with Crippen molar-refractivity contribution in [2.24, 2.45) is 5.92 Å². The lowest BCUT2D eigenvalue weighted by atomic mass is 9.98. The van der Waals surface area contributed by atoms with Crippen LogP contribution in [0.4, 0.5) is 0 Å². The fourth-order valence-corrected chi connectivity index (χ4v) is 1.69. The quantitative estimate of drug-likeness (QED) is 0.641. The van der Waals surface area contributed by atoms with Crippen LogP contribution in [0.25, 0.3) is 0 Å². The normalized spacial score (nSPS) is 12.1. The van der Waals surface area contributed by atoms with Gasteiger partial charge < -0.3 is 4.74 Å². The Morgan fingerprint density at radius 3 is 2.94 bits per heavy atom. The van der Waals surface area contributed by atoms with Gasteiger partial charge in [-0.15, -0.1) is 0 Å². The number of benzene rings is 1. The zero-order chi connectivity index (χ0) is 12.5. The molecule has 0 aliphatic carbocycles. The van der Waals surface area contributed by atoms with Gasteiger partial charge in [-0.25, -0.2) is 0 Å². The summed E-state index contributed by atoms with van der Waals surface area (Å²) in [5, 5.41) is 0. The van der Waals surface area contributed by atoms with Crippen molar-refractivity contribution in [3.63, 3.8) is 0 Å². The van der Waals surface area contributed by atoms with Crippen LogP contribution in [0.3, 0.4) is 0 Å². The van der Waals surface area contributed by atoms with E-state index in [2.05, 4.69) is 6.07 Å². The molecule has 2 nitrogen and oxygen atoms in total. The molecular weight excluding hydrogens is 212 g/mol. The largest absolute Gasteiger partial charge is 0.493 e. The minimum Gasteiger partial charge on any atom is -0.493 e. The van der Waals surface area contributed by atoms with Gasteiger partial charge in [0.05, 0.1) is 6.61 Å². The molecule has 1 rings (SSSR count). The second-order valence-electron chi connectivity index (χ2n) is 4.33. The Balaban J connectivity index is 2.14. The summed E-state index contributed by atoms with van der Waals surface area (Å²) < 4.78 is 5.53. The van der Waals surface area contributed by atoms with E-state index in [1.807, 2.05) is 38.1 Å². The Morgan fingerprint density at radius 1 is 1.47 bits per heavy atom. The van der Waals surface area contributed by atoms with Crippen molar-refractivity contribution < 1.29 is 9.53 Å². The first-order valence-corrected chi connectivity index (χ1v) is 6.36. The van der Waals surface area contributed by atoms with Crippen molar-refractivity contribution in [2.45, 2.75) is 39.5 Å². The summed E-state index contributed by atoms with van der Waals surface area (Å²) in [6.45, 7) is 4.70. The predicted octanol–water partition coefficient (Wildman–Crippen LogP) is 3.65. The van der Waals surface area contributed by atoms with Gasteiger partial charge in [-0.3, -0.25) is 4.79 Å². The van der Waals surface area contributed by atoms with E-state index in [-0.39, 0.29) is 5.92 Å². The number of hydrogen-bond donors (Lipinski definition) is 0. The average Bonchev–Trinajstić information content (AvgIpc) is 2.36. The first-order chi connectivity index (χ1) is 8.24. The molecule has 0 bridgehead atoms. The van der Waals surface area contributed by atoms with Crippen LogP contribution in [0, 0.1) is 12.0 Å². The van der Waals surface area contributed by atoms with Gasteiger partial charge in [-0.05, 0) is 25.3 Å². The second kappa shape index (κ2) is 7.88. The third-order valence-electron chi connectivity index (χ3n) is 2.77. The number of carbonyl (C=O) groups excluding carboxylic acids is 1. The van der Waals surface area contributed by atoms with Gasteiger partial charge in [0.2, 0.25) is 0 Å². The molecule has 0 aliphatic heterocycles. The van der Waals surface area contributed by atoms with Crippen LogP contribution in [0.15, 0.2) is 24.3 Å². The number of hydrogen-bond acceptors (Lipinski definition) is 2. The lowest BCUT2D eigenvalue weighted by Crippen LogP contribution is -2.11. The zero-order valence-corrected chi connectivity index (χ0v) is 10.7. The molecule has 0 aliphatic rings. The van der Waals surface area contributed by atoms with Gasteiger partial charge in [-0.1, -0.05) is 32.0 Å². The first-order valence-electron chi connectivity index (χ1n) is 6.36. The van der Waals surface area contributed by atoms with Crippen LogP contribution in [-0.2, 0) is 4.79 Å². The van der Waals surface area contributed by atoms with Crippen molar-refractivity contribution in [3.05, 3.63) is 30.3 Å². The van der Waals surface area contributed by atoms with Crippen molar-refractivity contribution in [2.75, 3.05) is 6.61 Å². The van der Waals surface area contributed by atoms with Gasteiger partial charge in [0.1, 0.15) is 11.5 Å². The maximum absolute atomic E-state index is 11.6. The van der Waals surface area contributed by atoms with E-state index in [1.54, 1.807) is 0 Å². The fraction of sp³-hybridized carbons (Fsp3) is 0.533. The number of ether oxygens (including phenoxy) is 1. The van der Waals surface area contributed by atoms with Gasteiger partial charge in [0.25, 0.3) is 0 Å². The lowest BCUT2D eigenvalue weighted by molar-refractivity contribution is -0.122. The van der Waals surface area contributed by atoms with Gasteiger partial charge >= 0.3 is 0 Å². The molecule has 1 radical (unpaired) electrons. The Bertz CT molecular complexity index is 319. The second-order valence-corrected chi connectivity index (χ2v) is 4.33. The Labute approximate surface area is 104 Å². The van der Waals surface area contributed by atoms with E-state index in [1.165, 1.54) is 0 Å². The Morgan fingerprint density at radius 2 is 2.29 bits per heavy atom. The highest BCUT2D eigenvalue weighted by Gasteiger charge is 2.10. The molecule has 1 unspecified atom stereocenters. The standard InChI is InChI=1S/C15H21O2/c1-3-8-15(16)13(2)9-7-12-17-14-10-5-4-6-11-14/h4-6,10,13H,3,7-9,12H2,1-2H3.